The molecule has 2 rings (SSSR count). The minimum Gasteiger partial charge on any atom is -0.390 e. The molecule has 1 saturated heterocycles. The van der Waals surface area contributed by atoms with Gasteiger partial charge in [0.1, 0.15) is 17.5 Å². The van der Waals surface area contributed by atoms with E-state index in [2.05, 4.69) is 4.98 Å². The van der Waals surface area contributed by atoms with E-state index in [-0.39, 0.29) is 17.5 Å². The number of nitrogens with two attached hydrogens (primary N) is 1. The lowest BCUT2D eigenvalue weighted by molar-refractivity contribution is -0.0341. The first kappa shape index (κ1) is 11.4. The van der Waals surface area contributed by atoms with Crippen molar-refractivity contribution >= 4 is 17.6 Å². The van der Waals surface area contributed by atoms with Crippen molar-refractivity contribution in [3.8, 4) is 0 Å². The Morgan fingerprint density at radius 2 is 2.56 bits per heavy atom. The highest BCUT2D eigenvalue weighted by molar-refractivity contribution is 8.00. The van der Waals surface area contributed by atoms with Gasteiger partial charge >= 0.3 is 5.69 Å². The Bertz CT molecular complexity index is 434. The zero-order valence-corrected chi connectivity index (χ0v) is 9.55. The third kappa shape index (κ3) is 2.21. The normalized spacial score (nSPS) is 26.9. The van der Waals surface area contributed by atoms with E-state index < -0.39 is 11.8 Å². The molecule has 3 unspecified atom stereocenters. The molecular formula is C9H13N3O3S. The lowest BCUT2D eigenvalue weighted by atomic mass is 10.4. The summed E-state index contributed by atoms with van der Waals surface area (Å²) < 4.78 is 6.91. The van der Waals surface area contributed by atoms with Crippen molar-refractivity contribution in [2.45, 2.75) is 24.7 Å². The van der Waals surface area contributed by atoms with Crippen LogP contribution in [-0.2, 0) is 4.74 Å². The number of aromatic nitrogens is 2. The molecule has 7 heteroatoms. The highest BCUT2D eigenvalue weighted by atomic mass is 32.2. The van der Waals surface area contributed by atoms with Crippen molar-refractivity contribution in [3.63, 3.8) is 0 Å². The number of nitrogen functional groups attached to an aromatic ring is 1. The number of rotatable bonds is 2. The number of nitrogens with zero attached hydrogens (tertiary/aromatic N) is 2. The summed E-state index contributed by atoms with van der Waals surface area (Å²) >= 11 is 1.48. The molecule has 3 N–H and O–H groups in total. The summed E-state index contributed by atoms with van der Waals surface area (Å²) in [7, 11) is 0. The molecule has 6 nitrogen and oxygen atoms in total. The van der Waals surface area contributed by atoms with E-state index in [1.807, 2.05) is 0 Å². The third-order valence-electron chi connectivity index (χ3n) is 2.25. The van der Waals surface area contributed by atoms with Crippen LogP contribution in [0.4, 0.5) is 5.82 Å². The van der Waals surface area contributed by atoms with Gasteiger partial charge < -0.3 is 15.6 Å². The van der Waals surface area contributed by atoms with Crippen LogP contribution in [0.5, 0.6) is 0 Å². The summed E-state index contributed by atoms with van der Waals surface area (Å²) in [5, 5.41) is 9.36. The summed E-state index contributed by atoms with van der Waals surface area (Å²) in [5.74, 6) is 0.806. The molecule has 1 aliphatic rings. The molecule has 0 radical (unpaired) electrons. The van der Waals surface area contributed by atoms with Crippen molar-refractivity contribution < 1.29 is 9.84 Å². The monoisotopic (exact) mass is 243 g/mol. The lowest BCUT2D eigenvalue weighted by Gasteiger charge is -2.15. The van der Waals surface area contributed by atoms with Gasteiger partial charge in [0.2, 0.25) is 0 Å². The summed E-state index contributed by atoms with van der Waals surface area (Å²) in [6.07, 6.45) is 0.609. The number of aliphatic hydroxyl groups is 1. The second-order valence-corrected chi connectivity index (χ2v) is 4.71. The number of hydrogen-bond acceptors (Lipinski definition) is 6. The third-order valence-corrected chi connectivity index (χ3v) is 3.56. The fourth-order valence-electron chi connectivity index (χ4n) is 1.45. The molecule has 0 saturated carbocycles. The van der Waals surface area contributed by atoms with Gasteiger partial charge in [-0.05, 0) is 13.0 Å². The minimum atomic E-state index is -0.563. The van der Waals surface area contributed by atoms with Gasteiger partial charge in [-0.25, -0.2) is 4.79 Å². The van der Waals surface area contributed by atoms with Crippen molar-refractivity contribution in [1.29, 1.82) is 0 Å². The highest BCUT2D eigenvalue weighted by Crippen LogP contribution is 2.32. The van der Waals surface area contributed by atoms with Crippen LogP contribution in [0, 0.1) is 0 Å². The molecule has 0 aromatic carbocycles. The molecule has 0 aliphatic carbocycles. The zero-order chi connectivity index (χ0) is 11.7. The molecule has 3 atom stereocenters. The summed E-state index contributed by atoms with van der Waals surface area (Å²) in [6.45, 7) is 1.66. The van der Waals surface area contributed by atoms with Gasteiger partial charge in [0.25, 0.3) is 0 Å². The first-order chi connectivity index (χ1) is 7.58. The standard InChI is InChI=1S/C9H13N3O3S/c1-5(13)8-15-7(4-16-8)12-3-2-6(10)11-9(12)14/h2-3,5,7-8,13H,4H2,1H3,(H2,10,11,14). The van der Waals surface area contributed by atoms with Crippen LogP contribution in [0.15, 0.2) is 17.1 Å². The van der Waals surface area contributed by atoms with E-state index in [4.69, 9.17) is 10.5 Å². The van der Waals surface area contributed by atoms with Crippen LogP contribution in [0.2, 0.25) is 0 Å². The van der Waals surface area contributed by atoms with Crippen molar-refractivity contribution in [1.82, 2.24) is 9.55 Å². The Morgan fingerprint density at radius 1 is 1.81 bits per heavy atom. The Labute approximate surface area is 96.4 Å². The van der Waals surface area contributed by atoms with Gasteiger partial charge in [0.05, 0.1) is 6.10 Å². The molecule has 1 aromatic heterocycles. The second-order valence-electron chi connectivity index (χ2n) is 3.58. The fourth-order valence-corrected chi connectivity index (χ4v) is 2.53. The number of aliphatic hydroxyl groups excluding tert-OH is 1. The summed E-state index contributed by atoms with van der Waals surface area (Å²) in [6, 6.07) is 1.55. The van der Waals surface area contributed by atoms with Crippen LogP contribution >= 0.6 is 11.8 Å². The Hall–Kier alpha value is -1.05. The molecule has 88 valence electrons. The number of anilines is 1. The molecule has 1 aromatic rings. The lowest BCUT2D eigenvalue weighted by Crippen LogP contribution is -2.29. The van der Waals surface area contributed by atoms with Crippen LogP contribution in [0.1, 0.15) is 13.2 Å². The van der Waals surface area contributed by atoms with E-state index in [9.17, 15) is 9.90 Å². The van der Waals surface area contributed by atoms with Crippen molar-refractivity contribution in [2.24, 2.45) is 0 Å². The molecular weight excluding hydrogens is 230 g/mol. The van der Waals surface area contributed by atoms with Gasteiger partial charge in [0, 0.05) is 11.9 Å². The van der Waals surface area contributed by atoms with Gasteiger partial charge in [-0.1, -0.05) is 0 Å². The number of hydrogen-bond donors (Lipinski definition) is 2. The van der Waals surface area contributed by atoms with E-state index in [0.29, 0.717) is 5.75 Å². The average Bonchev–Trinajstić information content (AvgIpc) is 2.66. The van der Waals surface area contributed by atoms with E-state index in [1.54, 1.807) is 19.2 Å². The second kappa shape index (κ2) is 4.44. The van der Waals surface area contributed by atoms with Gasteiger partial charge in [0.15, 0.2) is 0 Å². The molecule has 0 amide bonds. The van der Waals surface area contributed by atoms with Crippen LogP contribution < -0.4 is 11.4 Å². The maximum atomic E-state index is 11.5. The Morgan fingerprint density at radius 3 is 3.12 bits per heavy atom. The largest absolute Gasteiger partial charge is 0.390 e. The first-order valence-electron chi connectivity index (χ1n) is 4.87. The number of ether oxygens (including phenoxy) is 1. The smallest absolute Gasteiger partial charge is 0.351 e. The minimum absolute atomic E-state index is 0.193. The molecule has 2 heterocycles. The fraction of sp³-hybridized carbons (Fsp3) is 0.556. The van der Waals surface area contributed by atoms with Crippen LogP contribution in [0.25, 0.3) is 0 Å². The van der Waals surface area contributed by atoms with Gasteiger partial charge in [-0.2, -0.15) is 4.98 Å². The van der Waals surface area contributed by atoms with Crippen molar-refractivity contribution in [3.05, 3.63) is 22.7 Å². The average molecular weight is 243 g/mol. The molecule has 0 spiro atoms. The Kier molecular flexibility index (Phi) is 3.17. The molecule has 1 fully saturated rings. The van der Waals surface area contributed by atoms with Gasteiger partial charge in [-0.15, -0.1) is 11.8 Å². The van der Waals surface area contributed by atoms with E-state index in [1.165, 1.54) is 16.3 Å². The summed E-state index contributed by atoms with van der Waals surface area (Å²) in [4.78, 5) is 15.1. The topological polar surface area (TPSA) is 90.4 Å². The van der Waals surface area contributed by atoms with Crippen LogP contribution in [-0.4, -0.2) is 32.0 Å². The van der Waals surface area contributed by atoms with E-state index in [0.717, 1.165) is 0 Å². The molecule has 16 heavy (non-hydrogen) atoms. The first-order valence-corrected chi connectivity index (χ1v) is 5.92. The maximum absolute atomic E-state index is 11.5. The van der Waals surface area contributed by atoms with Crippen molar-refractivity contribution in [2.75, 3.05) is 11.5 Å². The molecule has 1 aliphatic heterocycles. The predicted molar refractivity (Wildman–Crippen MR) is 61.0 cm³/mol. The SMILES string of the molecule is CC(O)C1OC(n2ccc(N)nc2=O)CS1. The quantitative estimate of drug-likeness (QED) is 0.747. The highest BCUT2D eigenvalue weighted by Gasteiger charge is 2.30. The number of thioether (sulfide) groups is 1. The summed E-state index contributed by atoms with van der Waals surface area (Å²) in [5.41, 5.74) is 4.66. The predicted octanol–water partition coefficient (Wildman–Crippen LogP) is -0.206. The van der Waals surface area contributed by atoms with E-state index >= 15 is 0 Å². The zero-order valence-electron chi connectivity index (χ0n) is 8.74. The maximum Gasteiger partial charge on any atom is 0.351 e. The Balaban J connectivity index is 2.18. The molecule has 0 bridgehead atoms. The van der Waals surface area contributed by atoms with Gasteiger partial charge in [-0.3, -0.25) is 4.57 Å². The van der Waals surface area contributed by atoms with Crippen LogP contribution in [0.3, 0.4) is 0 Å².